The zero-order chi connectivity index (χ0) is 14.7. The summed E-state index contributed by atoms with van der Waals surface area (Å²) in [5.41, 5.74) is 1.60. The van der Waals surface area contributed by atoms with E-state index in [1.54, 1.807) is 19.1 Å². The molecule has 1 rings (SSSR count). The number of likely N-dealkylation sites (N-methyl/N-ethyl adjacent to an activating group) is 1. The van der Waals surface area contributed by atoms with Gasteiger partial charge >= 0.3 is 5.97 Å². The van der Waals surface area contributed by atoms with E-state index >= 15 is 0 Å². The summed E-state index contributed by atoms with van der Waals surface area (Å²) >= 11 is 0. The summed E-state index contributed by atoms with van der Waals surface area (Å²) in [5.74, 6) is -0.271. The third-order valence-corrected chi connectivity index (χ3v) is 2.28. The van der Waals surface area contributed by atoms with Crippen LogP contribution in [0.4, 0.5) is 5.69 Å². The maximum atomic E-state index is 11.4. The van der Waals surface area contributed by atoms with E-state index in [0.29, 0.717) is 12.2 Å². The van der Waals surface area contributed by atoms with Crippen molar-refractivity contribution in [3.8, 4) is 0 Å². The first-order chi connectivity index (χ1) is 9.13. The standard InChI is InChI=1S/C13H20N2O2.C2H6/c1-4-17-13(16)11-5-7-12(8-6-11)14-9-10-15(2)3;1-2/h5-8,14H,4,9-10H2,1-3H3;1-2H3. The highest BCUT2D eigenvalue weighted by Crippen LogP contribution is 2.10. The zero-order valence-electron chi connectivity index (χ0n) is 12.7. The van der Waals surface area contributed by atoms with Crippen molar-refractivity contribution < 1.29 is 9.53 Å². The molecule has 0 saturated carbocycles. The number of carbonyl (C=O) groups excluding carboxylic acids is 1. The molecular formula is C15H26N2O2. The minimum absolute atomic E-state index is 0.271. The van der Waals surface area contributed by atoms with Crippen LogP contribution >= 0.6 is 0 Å². The van der Waals surface area contributed by atoms with E-state index in [-0.39, 0.29) is 5.97 Å². The van der Waals surface area contributed by atoms with E-state index in [0.717, 1.165) is 18.8 Å². The Labute approximate surface area is 116 Å². The number of nitrogens with zero attached hydrogens (tertiary/aromatic N) is 1. The molecule has 1 aromatic rings. The van der Waals surface area contributed by atoms with Crippen LogP contribution in [0.15, 0.2) is 24.3 Å². The fraction of sp³-hybridized carbons (Fsp3) is 0.533. The second-order valence-electron chi connectivity index (χ2n) is 4.03. The third kappa shape index (κ3) is 7.47. The van der Waals surface area contributed by atoms with Gasteiger partial charge in [0, 0.05) is 18.8 Å². The molecule has 0 atom stereocenters. The largest absolute Gasteiger partial charge is 0.462 e. The van der Waals surface area contributed by atoms with Crippen molar-refractivity contribution in [2.45, 2.75) is 20.8 Å². The number of nitrogens with one attached hydrogen (secondary N) is 1. The SMILES string of the molecule is CC.CCOC(=O)c1ccc(NCCN(C)C)cc1. The molecule has 0 saturated heterocycles. The van der Waals surface area contributed by atoms with Crippen LogP contribution in [0, 0.1) is 0 Å². The van der Waals surface area contributed by atoms with Crippen LogP contribution in [0.3, 0.4) is 0 Å². The van der Waals surface area contributed by atoms with Gasteiger partial charge in [-0.1, -0.05) is 13.8 Å². The summed E-state index contributed by atoms with van der Waals surface area (Å²) in [5, 5.41) is 3.28. The fourth-order valence-electron chi connectivity index (χ4n) is 1.36. The molecule has 4 heteroatoms. The Morgan fingerprint density at radius 1 is 1.21 bits per heavy atom. The van der Waals surface area contributed by atoms with Crippen LogP contribution in [-0.4, -0.2) is 44.7 Å². The van der Waals surface area contributed by atoms with Crippen molar-refractivity contribution in [3.05, 3.63) is 29.8 Å². The Kier molecular flexibility index (Phi) is 9.53. The van der Waals surface area contributed by atoms with Crippen molar-refractivity contribution in [2.75, 3.05) is 39.1 Å². The summed E-state index contributed by atoms with van der Waals surface area (Å²) in [6, 6.07) is 7.33. The molecule has 4 nitrogen and oxygen atoms in total. The van der Waals surface area contributed by atoms with Crippen LogP contribution in [0.25, 0.3) is 0 Å². The summed E-state index contributed by atoms with van der Waals surface area (Å²) < 4.78 is 4.91. The van der Waals surface area contributed by atoms with Gasteiger partial charge in [-0.3, -0.25) is 0 Å². The number of anilines is 1. The van der Waals surface area contributed by atoms with Crippen molar-refractivity contribution in [2.24, 2.45) is 0 Å². The first-order valence-electron chi connectivity index (χ1n) is 6.79. The highest BCUT2D eigenvalue weighted by Gasteiger charge is 2.05. The molecule has 0 spiro atoms. The Morgan fingerprint density at radius 3 is 2.26 bits per heavy atom. The molecule has 108 valence electrons. The molecule has 0 aliphatic carbocycles. The molecule has 0 aliphatic heterocycles. The third-order valence-electron chi connectivity index (χ3n) is 2.28. The van der Waals surface area contributed by atoms with Crippen LogP contribution < -0.4 is 5.32 Å². The van der Waals surface area contributed by atoms with Crippen LogP contribution in [-0.2, 0) is 4.74 Å². The predicted molar refractivity (Wildman–Crippen MR) is 80.8 cm³/mol. The molecule has 1 aromatic carbocycles. The van der Waals surface area contributed by atoms with Crippen molar-refractivity contribution >= 4 is 11.7 Å². The van der Waals surface area contributed by atoms with Crippen molar-refractivity contribution in [1.82, 2.24) is 4.90 Å². The molecule has 19 heavy (non-hydrogen) atoms. The lowest BCUT2D eigenvalue weighted by Crippen LogP contribution is -2.20. The van der Waals surface area contributed by atoms with E-state index in [9.17, 15) is 4.79 Å². The van der Waals surface area contributed by atoms with Gasteiger partial charge in [0.2, 0.25) is 0 Å². The summed E-state index contributed by atoms with van der Waals surface area (Å²) in [7, 11) is 4.07. The van der Waals surface area contributed by atoms with Gasteiger partial charge in [0.05, 0.1) is 12.2 Å². The summed E-state index contributed by atoms with van der Waals surface area (Å²) in [4.78, 5) is 13.5. The van der Waals surface area contributed by atoms with E-state index in [1.807, 2.05) is 40.1 Å². The van der Waals surface area contributed by atoms with Gasteiger partial charge in [-0.25, -0.2) is 4.79 Å². The topological polar surface area (TPSA) is 41.6 Å². The number of rotatable bonds is 6. The molecule has 0 aliphatic rings. The zero-order valence-corrected chi connectivity index (χ0v) is 12.7. The molecule has 0 radical (unpaired) electrons. The lowest BCUT2D eigenvalue weighted by Gasteiger charge is -2.11. The smallest absolute Gasteiger partial charge is 0.338 e. The summed E-state index contributed by atoms with van der Waals surface area (Å²) in [6.07, 6.45) is 0. The predicted octanol–water partition coefficient (Wildman–Crippen LogP) is 2.86. The second-order valence-corrected chi connectivity index (χ2v) is 4.03. The Morgan fingerprint density at radius 2 is 1.79 bits per heavy atom. The maximum absolute atomic E-state index is 11.4. The molecule has 1 N–H and O–H groups in total. The minimum atomic E-state index is -0.271. The van der Waals surface area contributed by atoms with Gasteiger partial charge in [0.25, 0.3) is 0 Å². The van der Waals surface area contributed by atoms with Gasteiger partial charge in [-0.05, 0) is 45.3 Å². The Bertz CT molecular complexity index is 348. The van der Waals surface area contributed by atoms with Crippen LogP contribution in [0.1, 0.15) is 31.1 Å². The summed E-state index contributed by atoms with van der Waals surface area (Å²) in [6.45, 7) is 8.06. The van der Waals surface area contributed by atoms with Gasteiger partial charge in [-0.2, -0.15) is 0 Å². The molecule has 0 heterocycles. The van der Waals surface area contributed by atoms with E-state index in [4.69, 9.17) is 4.74 Å². The molecule has 0 aromatic heterocycles. The number of ether oxygens (including phenoxy) is 1. The molecule has 0 fully saturated rings. The Balaban J connectivity index is 0.00000154. The first-order valence-corrected chi connectivity index (χ1v) is 6.79. The lowest BCUT2D eigenvalue weighted by atomic mass is 10.2. The number of carbonyl (C=O) groups is 1. The van der Waals surface area contributed by atoms with Crippen molar-refractivity contribution in [1.29, 1.82) is 0 Å². The fourth-order valence-corrected chi connectivity index (χ4v) is 1.36. The minimum Gasteiger partial charge on any atom is -0.462 e. The Hall–Kier alpha value is -1.55. The number of esters is 1. The van der Waals surface area contributed by atoms with Gasteiger partial charge in [0.1, 0.15) is 0 Å². The maximum Gasteiger partial charge on any atom is 0.338 e. The quantitative estimate of drug-likeness (QED) is 0.804. The first kappa shape index (κ1) is 17.4. The van der Waals surface area contributed by atoms with E-state index < -0.39 is 0 Å². The molecule has 0 bridgehead atoms. The second kappa shape index (κ2) is 10.4. The van der Waals surface area contributed by atoms with Crippen LogP contribution in [0.2, 0.25) is 0 Å². The average molecular weight is 266 g/mol. The van der Waals surface area contributed by atoms with Gasteiger partial charge < -0.3 is 15.0 Å². The number of benzene rings is 1. The normalized spacial score (nSPS) is 9.58. The van der Waals surface area contributed by atoms with Gasteiger partial charge in [0.15, 0.2) is 0 Å². The molecular weight excluding hydrogens is 240 g/mol. The number of hydrogen-bond acceptors (Lipinski definition) is 4. The lowest BCUT2D eigenvalue weighted by molar-refractivity contribution is 0.0526. The average Bonchev–Trinajstić information content (AvgIpc) is 2.41. The highest BCUT2D eigenvalue weighted by molar-refractivity contribution is 5.89. The molecule has 0 amide bonds. The number of hydrogen-bond donors (Lipinski definition) is 1. The highest BCUT2D eigenvalue weighted by atomic mass is 16.5. The van der Waals surface area contributed by atoms with E-state index in [2.05, 4.69) is 10.2 Å². The van der Waals surface area contributed by atoms with Crippen LogP contribution in [0.5, 0.6) is 0 Å². The monoisotopic (exact) mass is 266 g/mol. The van der Waals surface area contributed by atoms with Crippen molar-refractivity contribution in [3.63, 3.8) is 0 Å². The molecule has 0 unspecified atom stereocenters. The van der Waals surface area contributed by atoms with E-state index in [1.165, 1.54) is 0 Å². The van der Waals surface area contributed by atoms with Gasteiger partial charge in [-0.15, -0.1) is 0 Å².